The van der Waals surface area contributed by atoms with Gasteiger partial charge < -0.3 is 10.6 Å². The molecule has 0 saturated heterocycles. The maximum atomic E-state index is 11.7. The van der Waals surface area contributed by atoms with E-state index in [2.05, 4.69) is 36.6 Å². The molecule has 0 aliphatic rings. The molecule has 3 heteroatoms. The van der Waals surface area contributed by atoms with E-state index in [0.717, 1.165) is 13.1 Å². The molecule has 2 N–H and O–H groups in total. The third-order valence-corrected chi connectivity index (χ3v) is 2.73. The minimum Gasteiger partial charge on any atom is -0.355 e. The van der Waals surface area contributed by atoms with Gasteiger partial charge >= 0.3 is 0 Å². The van der Waals surface area contributed by atoms with E-state index in [1.54, 1.807) is 0 Å². The first kappa shape index (κ1) is 13.7. The van der Waals surface area contributed by atoms with E-state index < -0.39 is 0 Å². The third kappa shape index (κ3) is 5.50. The zero-order chi connectivity index (χ0) is 12.5. The van der Waals surface area contributed by atoms with Gasteiger partial charge in [0, 0.05) is 19.5 Å². The molecule has 0 heterocycles. The molecule has 1 amide bonds. The van der Waals surface area contributed by atoms with Crippen LogP contribution in [0.4, 0.5) is 0 Å². The molecule has 1 atom stereocenters. The van der Waals surface area contributed by atoms with Crippen molar-refractivity contribution < 1.29 is 4.79 Å². The van der Waals surface area contributed by atoms with Crippen molar-refractivity contribution in [2.45, 2.75) is 26.2 Å². The SMILES string of the molecule is CCNCCNC(=O)CC(C)c1ccccc1. The molecule has 0 aliphatic carbocycles. The maximum Gasteiger partial charge on any atom is 0.220 e. The van der Waals surface area contributed by atoms with Crippen molar-refractivity contribution in [1.82, 2.24) is 10.6 Å². The van der Waals surface area contributed by atoms with E-state index in [9.17, 15) is 4.79 Å². The molecular weight excluding hydrogens is 212 g/mol. The minimum absolute atomic E-state index is 0.124. The lowest BCUT2D eigenvalue weighted by molar-refractivity contribution is -0.121. The van der Waals surface area contributed by atoms with Gasteiger partial charge in [-0.15, -0.1) is 0 Å². The number of amides is 1. The van der Waals surface area contributed by atoms with Crippen LogP contribution in [0.25, 0.3) is 0 Å². The van der Waals surface area contributed by atoms with Gasteiger partial charge in [0.05, 0.1) is 0 Å². The van der Waals surface area contributed by atoms with Crippen LogP contribution in [0.2, 0.25) is 0 Å². The fourth-order valence-electron chi connectivity index (χ4n) is 1.72. The van der Waals surface area contributed by atoms with Crippen molar-refractivity contribution in [2.24, 2.45) is 0 Å². The van der Waals surface area contributed by atoms with E-state index in [0.29, 0.717) is 13.0 Å². The van der Waals surface area contributed by atoms with Crippen molar-refractivity contribution in [3.63, 3.8) is 0 Å². The number of hydrogen-bond donors (Lipinski definition) is 2. The summed E-state index contributed by atoms with van der Waals surface area (Å²) in [4.78, 5) is 11.7. The van der Waals surface area contributed by atoms with Gasteiger partial charge in [-0.2, -0.15) is 0 Å². The minimum atomic E-state index is 0.124. The summed E-state index contributed by atoms with van der Waals surface area (Å²) in [5, 5.41) is 6.09. The van der Waals surface area contributed by atoms with Crippen molar-refractivity contribution in [2.75, 3.05) is 19.6 Å². The standard InChI is InChI=1S/C14H22N2O/c1-3-15-9-10-16-14(17)11-12(2)13-7-5-4-6-8-13/h4-8,12,15H,3,9-11H2,1-2H3,(H,16,17). The monoisotopic (exact) mass is 234 g/mol. The van der Waals surface area contributed by atoms with Crippen LogP contribution in [0.15, 0.2) is 30.3 Å². The van der Waals surface area contributed by atoms with E-state index in [-0.39, 0.29) is 11.8 Å². The van der Waals surface area contributed by atoms with Gasteiger partial charge in [-0.3, -0.25) is 4.79 Å². The van der Waals surface area contributed by atoms with Crippen molar-refractivity contribution in [3.8, 4) is 0 Å². The van der Waals surface area contributed by atoms with Gasteiger partial charge in [0.15, 0.2) is 0 Å². The van der Waals surface area contributed by atoms with Crippen molar-refractivity contribution >= 4 is 5.91 Å². The normalized spacial score (nSPS) is 12.1. The molecule has 0 fully saturated rings. The average Bonchev–Trinajstić information content (AvgIpc) is 2.36. The van der Waals surface area contributed by atoms with Gasteiger partial charge in [0.1, 0.15) is 0 Å². The second kappa shape index (κ2) is 7.85. The first-order chi connectivity index (χ1) is 8.24. The summed E-state index contributed by atoms with van der Waals surface area (Å²) < 4.78 is 0. The smallest absolute Gasteiger partial charge is 0.220 e. The van der Waals surface area contributed by atoms with Crippen molar-refractivity contribution in [3.05, 3.63) is 35.9 Å². The molecule has 0 aromatic heterocycles. The molecule has 0 aliphatic heterocycles. The van der Waals surface area contributed by atoms with Crippen LogP contribution in [-0.2, 0) is 4.79 Å². The molecule has 3 nitrogen and oxygen atoms in total. The van der Waals surface area contributed by atoms with Crippen LogP contribution >= 0.6 is 0 Å². The van der Waals surface area contributed by atoms with Crippen molar-refractivity contribution in [1.29, 1.82) is 0 Å². The number of nitrogens with one attached hydrogen (secondary N) is 2. The lowest BCUT2D eigenvalue weighted by atomic mass is 9.98. The fraction of sp³-hybridized carbons (Fsp3) is 0.500. The first-order valence-electron chi connectivity index (χ1n) is 6.26. The third-order valence-electron chi connectivity index (χ3n) is 2.73. The Bertz CT molecular complexity index is 324. The summed E-state index contributed by atoms with van der Waals surface area (Å²) >= 11 is 0. The highest BCUT2D eigenvalue weighted by Gasteiger charge is 2.09. The molecule has 1 aromatic rings. The van der Waals surface area contributed by atoms with Gasteiger partial charge in [-0.05, 0) is 18.0 Å². The fourth-order valence-corrected chi connectivity index (χ4v) is 1.72. The van der Waals surface area contributed by atoms with E-state index >= 15 is 0 Å². The Morgan fingerprint density at radius 2 is 1.94 bits per heavy atom. The van der Waals surface area contributed by atoms with E-state index in [1.165, 1.54) is 5.56 Å². The molecule has 94 valence electrons. The molecule has 0 bridgehead atoms. The summed E-state index contributed by atoms with van der Waals surface area (Å²) in [6.45, 7) is 6.62. The zero-order valence-corrected chi connectivity index (χ0v) is 10.7. The number of benzene rings is 1. The molecule has 1 rings (SSSR count). The number of hydrogen-bond acceptors (Lipinski definition) is 2. The van der Waals surface area contributed by atoms with Gasteiger partial charge in [0.25, 0.3) is 0 Å². The van der Waals surface area contributed by atoms with Crippen LogP contribution in [-0.4, -0.2) is 25.5 Å². The highest BCUT2D eigenvalue weighted by Crippen LogP contribution is 2.17. The molecule has 1 unspecified atom stereocenters. The number of likely N-dealkylation sites (N-methyl/N-ethyl adjacent to an activating group) is 1. The molecule has 17 heavy (non-hydrogen) atoms. The van der Waals surface area contributed by atoms with Gasteiger partial charge in [0.2, 0.25) is 5.91 Å². The maximum absolute atomic E-state index is 11.7. The number of rotatable bonds is 7. The van der Waals surface area contributed by atoms with Gasteiger partial charge in [-0.25, -0.2) is 0 Å². The Morgan fingerprint density at radius 1 is 1.24 bits per heavy atom. The van der Waals surface area contributed by atoms with Crippen LogP contribution in [0.1, 0.15) is 31.7 Å². The highest BCUT2D eigenvalue weighted by atomic mass is 16.1. The van der Waals surface area contributed by atoms with Gasteiger partial charge in [-0.1, -0.05) is 44.2 Å². The zero-order valence-electron chi connectivity index (χ0n) is 10.7. The van der Waals surface area contributed by atoms with Crippen LogP contribution in [0, 0.1) is 0 Å². The Morgan fingerprint density at radius 3 is 2.59 bits per heavy atom. The lowest BCUT2D eigenvalue weighted by Gasteiger charge is -2.12. The Labute approximate surface area is 104 Å². The largest absolute Gasteiger partial charge is 0.355 e. The van der Waals surface area contributed by atoms with Crippen LogP contribution < -0.4 is 10.6 Å². The quantitative estimate of drug-likeness (QED) is 0.708. The second-order valence-corrected chi connectivity index (χ2v) is 4.22. The van der Waals surface area contributed by atoms with Crippen LogP contribution in [0.3, 0.4) is 0 Å². The predicted molar refractivity (Wildman–Crippen MR) is 71.0 cm³/mol. The summed E-state index contributed by atoms with van der Waals surface area (Å²) in [7, 11) is 0. The molecular formula is C14H22N2O. The summed E-state index contributed by atoms with van der Waals surface area (Å²) in [6, 6.07) is 10.1. The predicted octanol–water partition coefficient (Wildman–Crippen LogP) is 1.91. The van der Waals surface area contributed by atoms with E-state index in [1.807, 2.05) is 18.2 Å². The number of carbonyl (C=O) groups is 1. The Kier molecular flexibility index (Phi) is 6.33. The second-order valence-electron chi connectivity index (χ2n) is 4.22. The topological polar surface area (TPSA) is 41.1 Å². The lowest BCUT2D eigenvalue weighted by Crippen LogP contribution is -2.32. The van der Waals surface area contributed by atoms with Crippen LogP contribution in [0.5, 0.6) is 0 Å². The Hall–Kier alpha value is -1.35. The Balaban J connectivity index is 2.26. The average molecular weight is 234 g/mol. The number of carbonyl (C=O) groups excluding carboxylic acids is 1. The molecule has 0 spiro atoms. The highest BCUT2D eigenvalue weighted by molar-refractivity contribution is 5.76. The molecule has 1 aromatic carbocycles. The molecule has 0 radical (unpaired) electrons. The summed E-state index contributed by atoms with van der Waals surface area (Å²) in [5.74, 6) is 0.398. The summed E-state index contributed by atoms with van der Waals surface area (Å²) in [6.07, 6.45) is 0.552. The summed E-state index contributed by atoms with van der Waals surface area (Å²) in [5.41, 5.74) is 1.22. The van der Waals surface area contributed by atoms with E-state index in [4.69, 9.17) is 0 Å². The first-order valence-corrected chi connectivity index (χ1v) is 6.26. The molecule has 0 saturated carbocycles.